The maximum absolute atomic E-state index is 8.68. The van der Waals surface area contributed by atoms with Gasteiger partial charge in [-0.1, -0.05) is 0 Å². The summed E-state index contributed by atoms with van der Waals surface area (Å²) >= 11 is 0. The molecule has 0 saturated heterocycles. The van der Waals surface area contributed by atoms with Gasteiger partial charge in [0.25, 0.3) is 0 Å². The summed E-state index contributed by atoms with van der Waals surface area (Å²) in [5.41, 5.74) is 15.5. The fraction of sp³-hybridized carbons (Fsp3) is 1.00. The molecule has 13 heteroatoms. The number of nitrogens with two attached hydrogens (primary N) is 3. The van der Waals surface area contributed by atoms with Crippen LogP contribution < -0.4 is 33.2 Å². The second kappa shape index (κ2) is 32.7. The zero-order chi connectivity index (χ0) is 22.8. The first-order valence-electron chi connectivity index (χ1n) is 8.96. The number of rotatable bonds is 12. The van der Waals surface area contributed by atoms with Gasteiger partial charge >= 0.3 is 41.4 Å². The van der Waals surface area contributed by atoms with Crippen LogP contribution in [0, 0.1) is 0 Å². The molecule has 0 aromatic carbocycles. The summed E-state index contributed by atoms with van der Waals surface area (Å²) in [7, 11) is 13.4. The van der Waals surface area contributed by atoms with Gasteiger partial charge in [-0.2, -0.15) is 0 Å². The quantitative estimate of drug-likeness (QED) is 0.144. The maximum atomic E-state index is 8.68. The van der Waals surface area contributed by atoms with Crippen molar-refractivity contribution in [1.82, 2.24) is 16.0 Å². The van der Waals surface area contributed by atoms with E-state index in [4.69, 9.17) is 63.0 Å². The van der Waals surface area contributed by atoms with Gasteiger partial charge in [0, 0.05) is 58.9 Å². The minimum atomic E-state index is -1.19. The van der Waals surface area contributed by atoms with Crippen molar-refractivity contribution < 1.29 is 26.3 Å². The normalized spacial score (nSPS) is 13.5. The average Bonchev–Trinajstić information content (AvgIpc) is 2.55. The molecule has 0 radical (unpaired) electrons. The molecule has 0 aliphatic carbocycles. The molecule has 0 aliphatic rings. The molecule has 0 amide bonds. The van der Waals surface area contributed by atoms with E-state index < -0.39 is 10.9 Å². The Morgan fingerprint density at radius 3 is 0.929 bits per heavy atom. The van der Waals surface area contributed by atoms with Crippen LogP contribution >= 0.6 is 30.4 Å². The second-order valence-electron chi connectivity index (χ2n) is 5.67. The Balaban J connectivity index is -0.000000141. The van der Waals surface area contributed by atoms with Gasteiger partial charge in [0.2, 0.25) is 0 Å². The molecular weight excluding hydrogens is 477 g/mol. The van der Waals surface area contributed by atoms with Crippen LogP contribution in [0.1, 0.15) is 20.8 Å². The van der Waals surface area contributed by atoms with Gasteiger partial charge < -0.3 is 48.5 Å². The number of nitrogens with one attached hydrogen (secondary N) is 3. The predicted molar refractivity (Wildman–Crippen MR) is 118 cm³/mol. The van der Waals surface area contributed by atoms with Crippen molar-refractivity contribution in [3.05, 3.63) is 0 Å². The Hall–Kier alpha value is 1.02. The third-order valence-corrected chi connectivity index (χ3v) is 2.28. The number of hydrogen-bond donors (Lipinski definition) is 9. The van der Waals surface area contributed by atoms with E-state index in [0.717, 1.165) is 19.6 Å². The first kappa shape index (κ1) is 36.4. The molecule has 0 saturated carbocycles. The third kappa shape index (κ3) is 71.3. The third-order valence-electron chi connectivity index (χ3n) is 2.28. The van der Waals surface area contributed by atoms with Crippen LogP contribution in [0.5, 0.6) is 0 Å². The van der Waals surface area contributed by atoms with Crippen molar-refractivity contribution >= 4 is 30.4 Å². The molecule has 28 heavy (non-hydrogen) atoms. The summed E-state index contributed by atoms with van der Waals surface area (Å²) < 4.78 is 0. The minimum absolute atomic E-state index is 0.262. The van der Waals surface area contributed by atoms with Crippen molar-refractivity contribution in [3.8, 4) is 0 Å². The van der Waals surface area contributed by atoms with E-state index in [-0.39, 0.29) is 18.3 Å². The SMILES string of the molecule is CC(O)CNCCN.CC(O)CNCCN.CC(O)CNCCN.[Cl][Co]([Cl])[Cl]. The van der Waals surface area contributed by atoms with E-state index >= 15 is 0 Å². The zero-order valence-corrected chi connectivity index (χ0v) is 20.4. The molecule has 0 aromatic heterocycles. The average molecular weight is 520 g/mol. The topological polar surface area (TPSA) is 175 Å². The monoisotopic (exact) mass is 518 g/mol. The Bertz CT molecular complexity index is 227. The molecule has 0 aliphatic heterocycles. The molecular formula is C15H42Cl3CoN6O3. The molecule has 0 fully saturated rings. The number of halogens is 3. The van der Waals surface area contributed by atoms with E-state index in [1.807, 2.05) is 0 Å². The number of hydrogen-bond acceptors (Lipinski definition) is 9. The van der Waals surface area contributed by atoms with Crippen LogP contribution in [-0.4, -0.2) is 92.5 Å². The summed E-state index contributed by atoms with van der Waals surface area (Å²) in [5.74, 6) is 0. The van der Waals surface area contributed by atoms with Crippen LogP contribution in [0.2, 0.25) is 0 Å². The molecule has 0 rings (SSSR count). The van der Waals surface area contributed by atoms with Gasteiger partial charge in [0.15, 0.2) is 0 Å². The molecule has 180 valence electrons. The van der Waals surface area contributed by atoms with Crippen LogP contribution in [0.15, 0.2) is 0 Å². The Morgan fingerprint density at radius 1 is 0.643 bits per heavy atom. The van der Waals surface area contributed by atoms with Crippen molar-refractivity contribution in [2.24, 2.45) is 17.2 Å². The molecule has 0 spiro atoms. The fourth-order valence-corrected chi connectivity index (χ4v) is 1.24. The van der Waals surface area contributed by atoms with Crippen molar-refractivity contribution in [1.29, 1.82) is 0 Å². The molecule has 9 nitrogen and oxygen atoms in total. The van der Waals surface area contributed by atoms with E-state index in [1.165, 1.54) is 0 Å². The zero-order valence-electron chi connectivity index (χ0n) is 17.1. The van der Waals surface area contributed by atoms with Gasteiger partial charge in [0.1, 0.15) is 0 Å². The van der Waals surface area contributed by atoms with E-state index in [9.17, 15) is 0 Å². The van der Waals surface area contributed by atoms with Crippen LogP contribution in [0.25, 0.3) is 0 Å². The number of aliphatic hydroxyl groups is 3. The Labute approximate surface area is 187 Å². The van der Waals surface area contributed by atoms with Crippen molar-refractivity contribution in [2.75, 3.05) is 58.9 Å². The Kier molecular flexibility index (Phi) is 42.5. The summed E-state index contributed by atoms with van der Waals surface area (Å²) in [6, 6.07) is 0. The fourth-order valence-electron chi connectivity index (χ4n) is 1.24. The van der Waals surface area contributed by atoms with E-state index in [1.54, 1.807) is 20.8 Å². The number of aliphatic hydroxyl groups excluding tert-OH is 3. The van der Waals surface area contributed by atoms with Crippen molar-refractivity contribution in [3.63, 3.8) is 0 Å². The summed E-state index contributed by atoms with van der Waals surface area (Å²) in [4.78, 5) is 0. The van der Waals surface area contributed by atoms with Crippen molar-refractivity contribution in [2.45, 2.75) is 39.1 Å². The summed E-state index contributed by atoms with van der Waals surface area (Å²) in [5, 5.41) is 34.9. The molecule has 3 atom stereocenters. The second-order valence-corrected chi connectivity index (χ2v) is 10.8. The first-order chi connectivity index (χ1) is 13.0. The van der Waals surface area contributed by atoms with E-state index in [2.05, 4.69) is 16.0 Å². The van der Waals surface area contributed by atoms with Gasteiger partial charge in [0.05, 0.1) is 18.3 Å². The summed E-state index contributed by atoms with van der Waals surface area (Å²) in [6.07, 6.45) is -0.787. The van der Waals surface area contributed by atoms with Gasteiger partial charge in [-0.15, -0.1) is 0 Å². The molecule has 0 heterocycles. The van der Waals surface area contributed by atoms with E-state index in [0.29, 0.717) is 39.3 Å². The molecule has 0 aromatic rings. The summed E-state index contributed by atoms with van der Waals surface area (Å²) in [6.45, 7) is 11.4. The van der Waals surface area contributed by atoms with Crippen LogP contribution in [0.4, 0.5) is 0 Å². The predicted octanol–water partition coefficient (Wildman–Crippen LogP) is -1.19. The first-order valence-corrected chi connectivity index (χ1v) is 13.3. The van der Waals surface area contributed by atoms with Gasteiger partial charge in [-0.05, 0) is 20.8 Å². The molecule has 12 N–H and O–H groups in total. The van der Waals surface area contributed by atoms with Crippen LogP contribution in [0.3, 0.4) is 0 Å². The molecule has 3 unspecified atom stereocenters. The van der Waals surface area contributed by atoms with Gasteiger partial charge in [-0.3, -0.25) is 0 Å². The van der Waals surface area contributed by atoms with Crippen LogP contribution in [-0.2, 0) is 10.9 Å². The van der Waals surface area contributed by atoms with Gasteiger partial charge in [-0.25, -0.2) is 0 Å². The standard InChI is InChI=1S/3C5H14N2O.3ClH.Co/c3*1-5(8)4-7-3-2-6;;;;/h3*5,7-8H,2-4,6H2,1H3;3*1H;/q;;;;;;+3/p-3. The Morgan fingerprint density at radius 2 is 0.821 bits per heavy atom. The molecule has 0 bridgehead atoms.